The van der Waals surface area contributed by atoms with E-state index in [9.17, 15) is 9.59 Å². The summed E-state index contributed by atoms with van der Waals surface area (Å²) in [5.41, 5.74) is 0.913. The van der Waals surface area contributed by atoms with Gasteiger partial charge in [-0.2, -0.15) is 0 Å². The van der Waals surface area contributed by atoms with Crippen LogP contribution in [0.15, 0.2) is 35.1 Å². The maximum Gasteiger partial charge on any atom is 0.243 e. The fourth-order valence-corrected chi connectivity index (χ4v) is 3.60. The number of hydrogen-bond donors (Lipinski definition) is 2. The van der Waals surface area contributed by atoms with E-state index in [2.05, 4.69) is 43.7 Å². The van der Waals surface area contributed by atoms with Gasteiger partial charge in [-0.1, -0.05) is 12.2 Å². The van der Waals surface area contributed by atoms with Crippen molar-refractivity contribution in [1.82, 2.24) is 15.6 Å². The van der Waals surface area contributed by atoms with Gasteiger partial charge in [-0.15, -0.1) is 0 Å². The van der Waals surface area contributed by atoms with Gasteiger partial charge < -0.3 is 10.6 Å². The number of halogens is 1. The second-order valence-corrected chi connectivity index (χ2v) is 7.14. The molecule has 1 aliphatic carbocycles. The zero-order valence-electron chi connectivity index (χ0n) is 12.8. The van der Waals surface area contributed by atoms with Gasteiger partial charge in [0.05, 0.1) is 0 Å². The van der Waals surface area contributed by atoms with Crippen molar-refractivity contribution in [3.8, 4) is 0 Å². The molecule has 1 aromatic rings. The molecule has 2 heterocycles. The van der Waals surface area contributed by atoms with E-state index >= 15 is 0 Å². The van der Waals surface area contributed by atoms with Crippen molar-refractivity contribution in [3.63, 3.8) is 0 Å². The largest absolute Gasteiger partial charge is 0.342 e. The number of carbonyl (C=O) groups is 2. The van der Waals surface area contributed by atoms with Gasteiger partial charge in [0.2, 0.25) is 11.8 Å². The van der Waals surface area contributed by atoms with Gasteiger partial charge in [0.1, 0.15) is 12.1 Å². The van der Waals surface area contributed by atoms with Crippen LogP contribution in [0, 0.1) is 5.92 Å². The highest BCUT2D eigenvalue weighted by Crippen LogP contribution is 2.24. The fraction of sp³-hybridized carbons (Fsp3) is 0.471. The number of piperazine rings is 1. The second-order valence-electron chi connectivity index (χ2n) is 6.22. The van der Waals surface area contributed by atoms with E-state index in [1.54, 1.807) is 12.4 Å². The summed E-state index contributed by atoms with van der Waals surface area (Å²) in [6.07, 6.45) is 12.1. The van der Waals surface area contributed by atoms with Crippen LogP contribution in [0.4, 0.5) is 0 Å². The van der Waals surface area contributed by atoms with Gasteiger partial charge in [0.25, 0.3) is 0 Å². The summed E-state index contributed by atoms with van der Waals surface area (Å²) >= 11 is 3.36. The Bertz CT molecular complexity index is 632. The number of pyridine rings is 1. The van der Waals surface area contributed by atoms with E-state index in [-0.39, 0.29) is 11.8 Å². The Morgan fingerprint density at radius 2 is 1.91 bits per heavy atom. The first-order valence-electron chi connectivity index (χ1n) is 7.97. The molecule has 3 atom stereocenters. The molecule has 122 valence electrons. The van der Waals surface area contributed by atoms with E-state index in [0.717, 1.165) is 29.3 Å². The Labute approximate surface area is 144 Å². The predicted molar refractivity (Wildman–Crippen MR) is 90.6 cm³/mol. The summed E-state index contributed by atoms with van der Waals surface area (Å²) in [4.78, 5) is 28.7. The molecule has 1 saturated heterocycles. The van der Waals surface area contributed by atoms with Crippen LogP contribution in [0.5, 0.6) is 0 Å². The lowest BCUT2D eigenvalue weighted by Crippen LogP contribution is -2.62. The standard InChI is InChI=1S/C17H20BrN3O2/c18-13-6-12(9-19-10-13)8-15-17(23)20-14(16(22)21-15)7-11-4-2-1-3-5-11/h1-2,6,9-11,14-15H,3-5,7-8H2,(H,20,23)(H,21,22). The van der Waals surface area contributed by atoms with Crippen LogP contribution >= 0.6 is 15.9 Å². The molecule has 23 heavy (non-hydrogen) atoms. The lowest BCUT2D eigenvalue weighted by atomic mass is 9.87. The van der Waals surface area contributed by atoms with Crippen molar-refractivity contribution in [1.29, 1.82) is 0 Å². The Hall–Kier alpha value is -1.69. The molecule has 3 rings (SSSR count). The van der Waals surface area contributed by atoms with Crippen molar-refractivity contribution in [2.24, 2.45) is 5.92 Å². The maximum atomic E-state index is 12.3. The van der Waals surface area contributed by atoms with E-state index < -0.39 is 12.1 Å². The number of hydrogen-bond acceptors (Lipinski definition) is 3. The second kappa shape index (κ2) is 7.25. The molecule has 0 bridgehead atoms. The molecule has 1 aromatic heterocycles. The maximum absolute atomic E-state index is 12.3. The van der Waals surface area contributed by atoms with Gasteiger partial charge in [-0.05, 0) is 59.2 Å². The lowest BCUT2D eigenvalue weighted by molar-refractivity contribution is -0.137. The minimum Gasteiger partial charge on any atom is -0.342 e. The lowest BCUT2D eigenvalue weighted by Gasteiger charge is -2.32. The summed E-state index contributed by atoms with van der Waals surface area (Å²) in [6, 6.07) is 0.976. The van der Waals surface area contributed by atoms with Gasteiger partial charge in [0.15, 0.2) is 0 Å². The minimum atomic E-state index is -0.527. The zero-order chi connectivity index (χ0) is 16.2. The zero-order valence-corrected chi connectivity index (χ0v) is 14.4. The molecule has 1 fully saturated rings. The Morgan fingerprint density at radius 1 is 1.13 bits per heavy atom. The molecule has 0 saturated carbocycles. The van der Waals surface area contributed by atoms with Crippen molar-refractivity contribution in [2.45, 2.75) is 44.2 Å². The monoisotopic (exact) mass is 377 g/mol. The SMILES string of the molecule is O=C1NC(CC2CC=CCC2)C(=O)NC1Cc1cncc(Br)c1. The molecule has 2 aliphatic rings. The number of amides is 2. The molecule has 2 N–H and O–H groups in total. The van der Waals surface area contributed by atoms with Crippen LogP contribution in [0.2, 0.25) is 0 Å². The van der Waals surface area contributed by atoms with Gasteiger partial charge in [0, 0.05) is 23.3 Å². The van der Waals surface area contributed by atoms with Crippen LogP contribution in [0.3, 0.4) is 0 Å². The first-order chi connectivity index (χ1) is 11.1. The van der Waals surface area contributed by atoms with Crippen LogP contribution in [-0.2, 0) is 16.0 Å². The molecular weight excluding hydrogens is 358 g/mol. The molecule has 5 nitrogen and oxygen atoms in total. The quantitative estimate of drug-likeness (QED) is 0.789. The fourth-order valence-electron chi connectivity index (χ4n) is 3.19. The third-order valence-corrected chi connectivity index (χ3v) is 4.85. The van der Waals surface area contributed by atoms with Crippen molar-refractivity contribution >= 4 is 27.7 Å². The highest BCUT2D eigenvalue weighted by atomic mass is 79.9. The summed E-state index contributed by atoms with van der Waals surface area (Å²) in [5, 5.41) is 5.75. The molecule has 0 aromatic carbocycles. The number of allylic oxidation sites excluding steroid dienone is 2. The molecule has 3 unspecified atom stereocenters. The Balaban J connectivity index is 1.59. The first kappa shape index (κ1) is 16.2. The topological polar surface area (TPSA) is 71.1 Å². The van der Waals surface area contributed by atoms with Crippen LogP contribution in [-0.4, -0.2) is 28.9 Å². The van der Waals surface area contributed by atoms with E-state index in [1.807, 2.05) is 6.07 Å². The summed E-state index contributed by atoms with van der Waals surface area (Å²) in [7, 11) is 0. The van der Waals surface area contributed by atoms with E-state index in [0.29, 0.717) is 18.8 Å². The Morgan fingerprint density at radius 3 is 2.65 bits per heavy atom. The van der Waals surface area contributed by atoms with Crippen LogP contribution in [0.1, 0.15) is 31.2 Å². The first-order valence-corrected chi connectivity index (χ1v) is 8.76. The molecule has 2 amide bonds. The number of aromatic nitrogens is 1. The molecule has 1 aliphatic heterocycles. The average Bonchev–Trinajstić information content (AvgIpc) is 2.53. The van der Waals surface area contributed by atoms with Gasteiger partial charge >= 0.3 is 0 Å². The van der Waals surface area contributed by atoms with Crippen LogP contribution < -0.4 is 10.6 Å². The highest BCUT2D eigenvalue weighted by Gasteiger charge is 2.34. The van der Waals surface area contributed by atoms with Gasteiger partial charge in [-0.25, -0.2) is 0 Å². The highest BCUT2D eigenvalue weighted by molar-refractivity contribution is 9.10. The molecule has 0 radical (unpaired) electrons. The molecule has 0 spiro atoms. The van der Waals surface area contributed by atoms with Crippen molar-refractivity contribution in [2.75, 3.05) is 0 Å². The summed E-state index contributed by atoms with van der Waals surface area (Å²) in [5.74, 6) is 0.287. The normalized spacial score (nSPS) is 27.4. The number of nitrogens with one attached hydrogen (secondary N) is 2. The van der Waals surface area contributed by atoms with Crippen LogP contribution in [0.25, 0.3) is 0 Å². The van der Waals surface area contributed by atoms with Crippen molar-refractivity contribution in [3.05, 3.63) is 40.6 Å². The predicted octanol–water partition coefficient (Wildman–Crippen LogP) is 2.12. The van der Waals surface area contributed by atoms with E-state index in [1.165, 1.54) is 0 Å². The summed E-state index contributed by atoms with van der Waals surface area (Å²) < 4.78 is 0.862. The van der Waals surface area contributed by atoms with E-state index in [4.69, 9.17) is 0 Å². The average molecular weight is 378 g/mol. The number of nitrogens with zero attached hydrogens (tertiary/aromatic N) is 1. The molecule has 6 heteroatoms. The third-order valence-electron chi connectivity index (χ3n) is 4.41. The smallest absolute Gasteiger partial charge is 0.243 e. The number of carbonyl (C=O) groups excluding carboxylic acids is 2. The van der Waals surface area contributed by atoms with Gasteiger partial charge in [-0.3, -0.25) is 14.6 Å². The molecular formula is C17H20BrN3O2. The number of rotatable bonds is 4. The minimum absolute atomic E-state index is 0.0768. The summed E-state index contributed by atoms with van der Waals surface area (Å²) in [6.45, 7) is 0. The Kier molecular flexibility index (Phi) is 5.10. The van der Waals surface area contributed by atoms with Crippen molar-refractivity contribution < 1.29 is 9.59 Å². The third kappa shape index (κ3) is 4.19.